The largest absolute Gasteiger partial charge is 0.481 e. The minimum Gasteiger partial charge on any atom is -0.481 e. The first-order valence-corrected chi connectivity index (χ1v) is 6.65. The summed E-state index contributed by atoms with van der Waals surface area (Å²) in [5, 5.41) is 13.0. The van der Waals surface area contributed by atoms with Crippen molar-refractivity contribution in [2.75, 3.05) is 0 Å². The summed E-state index contributed by atoms with van der Waals surface area (Å²) < 4.78 is 18.8. The van der Waals surface area contributed by atoms with Crippen LogP contribution in [0.2, 0.25) is 0 Å². The molecular formula is C15H15FN2O3. The van der Waals surface area contributed by atoms with Gasteiger partial charge in [-0.15, -0.1) is 0 Å². The molecule has 1 aliphatic rings. The summed E-state index contributed by atoms with van der Waals surface area (Å²) in [6.07, 6.45) is 0. The Morgan fingerprint density at radius 1 is 1.43 bits per heavy atom. The zero-order valence-electron chi connectivity index (χ0n) is 11.9. The maximum absolute atomic E-state index is 13.6. The number of aromatic nitrogens is 2. The van der Waals surface area contributed by atoms with Crippen LogP contribution in [0, 0.1) is 24.1 Å². The Bertz CT molecular complexity index is 723. The molecule has 5 nitrogen and oxygen atoms in total. The molecule has 1 aliphatic carbocycles. The summed E-state index contributed by atoms with van der Waals surface area (Å²) in [6, 6.07) is 4.69. The Balaban J connectivity index is 1.91. The number of aryl methyl sites for hydroxylation is 1. The minimum absolute atomic E-state index is 0.274. The van der Waals surface area contributed by atoms with Gasteiger partial charge >= 0.3 is 5.97 Å². The van der Waals surface area contributed by atoms with E-state index in [4.69, 9.17) is 4.52 Å². The summed E-state index contributed by atoms with van der Waals surface area (Å²) >= 11 is 0. The Morgan fingerprint density at radius 2 is 2.14 bits per heavy atom. The summed E-state index contributed by atoms with van der Waals surface area (Å²) in [7, 11) is 0. The first-order valence-electron chi connectivity index (χ1n) is 6.65. The Kier molecular flexibility index (Phi) is 2.86. The third-order valence-corrected chi connectivity index (χ3v) is 4.23. The summed E-state index contributed by atoms with van der Waals surface area (Å²) in [5.74, 6) is -1.47. The normalized spacial score (nSPS) is 23.0. The molecule has 1 N–H and O–H groups in total. The topological polar surface area (TPSA) is 76.2 Å². The van der Waals surface area contributed by atoms with Crippen LogP contribution in [-0.4, -0.2) is 21.2 Å². The van der Waals surface area contributed by atoms with Crippen LogP contribution >= 0.6 is 0 Å². The van der Waals surface area contributed by atoms with Crippen molar-refractivity contribution in [2.24, 2.45) is 11.3 Å². The standard InChI is InChI=1S/C15H15FN2O3/c1-7-4-5-8(6-9(7)16)12-17-13(21-18-12)10-11(14(19)20)15(10,2)3/h4-6,10-11H,1-3H3,(H,19,20). The lowest BCUT2D eigenvalue weighted by atomic mass is 10.1. The monoisotopic (exact) mass is 290 g/mol. The summed E-state index contributed by atoms with van der Waals surface area (Å²) in [4.78, 5) is 15.4. The van der Waals surface area contributed by atoms with Gasteiger partial charge in [0.2, 0.25) is 11.7 Å². The first kappa shape index (κ1) is 13.7. The van der Waals surface area contributed by atoms with E-state index in [1.807, 2.05) is 13.8 Å². The van der Waals surface area contributed by atoms with Crippen LogP contribution in [0.4, 0.5) is 4.39 Å². The van der Waals surface area contributed by atoms with E-state index in [1.54, 1.807) is 19.1 Å². The maximum Gasteiger partial charge on any atom is 0.307 e. The fourth-order valence-electron chi connectivity index (χ4n) is 2.77. The van der Waals surface area contributed by atoms with Crippen LogP contribution in [0.25, 0.3) is 11.4 Å². The highest BCUT2D eigenvalue weighted by Crippen LogP contribution is 2.64. The minimum atomic E-state index is -0.869. The molecule has 0 amide bonds. The van der Waals surface area contributed by atoms with Gasteiger partial charge in [-0.3, -0.25) is 4.79 Å². The van der Waals surface area contributed by atoms with Gasteiger partial charge in [0.1, 0.15) is 5.82 Å². The zero-order chi connectivity index (χ0) is 15.4. The lowest BCUT2D eigenvalue weighted by Gasteiger charge is -1.98. The van der Waals surface area contributed by atoms with Crippen LogP contribution in [0.15, 0.2) is 22.7 Å². The van der Waals surface area contributed by atoms with E-state index in [2.05, 4.69) is 10.1 Å². The van der Waals surface area contributed by atoms with E-state index in [-0.39, 0.29) is 17.6 Å². The molecule has 2 atom stereocenters. The number of hydrogen-bond donors (Lipinski definition) is 1. The molecule has 2 aromatic rings. The fourth-order valence-corrected chi connectivity index (χ4v) is 2.77. The second kappa shape index (κ2) is 4.38. The van der Waals surface area contributed by atoms with Crippen LogP contribution in [0.3, 0.4) is 0 Å². The van der Waals surface area contributed by atoms with Crippen LogP contribution < -0.4 is 0 Å². The van der Waals surface area contributed by atoms with Gasteiger partial charge in [-0.05, 0) is 24.0 Å². The Labute approximate surface area is 120 Å². The lowest BCUT2D eigenvalue weighted by molar-refractivity contribution is -0.139. The second-order valence-electron chi connectivity index (χ2n) is 6.04. The number of carbonyl (C=O) groups is 1. The molecule has 1 aromatic carbocycles. The Hall–Kier alpha value is -2.24. The van der Waals surface area contributed by atoms with E-state index in [0.717, 1.165) is 0 Å². The van der Waals surface area contributed by atoms with Crippen LogP contribution in [-0.2, 0) is 4.79 Å². The van der Waals surface area contributed by atoms with Crippen molar-refractivity contribution < 1.29 is 18.8 Å². The van der Waals surface area contributed by atoms with Gasteiger partial charge < -0.3 is 9.63 Å². The molecule has 110 valence electrons. The molecule has 0 aliphatic heterocycles. The second-order valence-corrected chi connectivity index (χ2v) is 6.04. The number of halogens is 1. The van der Waals surface area contributed by atoms with Crippen molar-refractivity contribution in [2.45, 2.75) is 26.7 Å². The number of rotatable bonds is 3. The molecule has 1 heterocycles. The van der Waals surface area contributed by atoms with Gasteiger partial charge in [0.15, 0.2) is 0 Å². The SMILES string of the molecule is Cc1ccc(-c2noc(C3C(C(=O)O)C3(C)C)n2)cc1F. The molecular weight excluding hydrogens is 275 g/mol. The zero-order valence-corrected chi connectivity index (χ0v) is 11.9. The fraction of sp³-hybridized carbons (Fsp3) is 0.400. The third kappa shape index (κ3) is 2.11. The highest BCUT2D eigenvalue weighted by Gasteiger charge is 2.65. The molecule has 0 radical (unpaired) electrons. The van der Waals surface area contributed by atoms with Gasteiger partial charge in [0.25, 0.3) is 0 Å². The van der Waals surface area contributed by atoms with Crippen molar-refractivity contribution in [3.8, 4) is 11.4 Å². The summed E-state index contributed by atoms with van der Waals surface area (Å²) in [5.41, 5.74) is 0.643. The van der Waals surface area contributed by atoms with Crippen molar-refractivity contribution in [3.63, 3.8) is 0 Å². The molecule has 1 saturated carbocycles. The van der Waals surface area contributed by atoms with Crippen molar-refractivity contribution in [3.05, 3.63) is 35.5 Å². The van der Waals surface area contributed by atoms with Gasteiger partial charge in [-0.25, -0.2) is 4.39 Å². The van der Waals surface area contributed by atoms with Gasteiger partial charge in [0, 0.05) is 5.56 Å². The van der Waals surface area contributed by atoms with Gasteiger partial charge in [-0.1, -0.05) is 31.1 Å². The quantitative estimate of drug-likeness (QED) is 0.940. The number of carboxylic acid groups (broad SMARTS) is 1. The van der Waals surface area contributed by atoms with Gasteiger partial charge in [0.05, 0.1) is 11.8 Å². The van der Waals surface area contributed by atoms with E-state index >= 15 is 0 Å². The molecule has 6 heteroatoms. The lowest BCUT2D eigenvalue weighted by Crippen LogP contribution is -2.03. The number of benzene rings is 1. The molecule has 1 fully saturated rings. The number of carboxylic acids is 1. The average molecular weight is 290 g/mol. The molecule has 0 spiro atoms. The molecule has 1 aromatic heterocycles. The molecule has 3 rings (SSSR count). The molecule has 0 bridgehead atoms. The van der Waals surface area contributed by atoms with Gasteiger partial charge in [-0.2, -0.15) is 4.98 Å². The molecule has 0 saturated heterocycles. The predicted octanol–water partition coefficient (Wildman–Crippen LogP) is 3.01. The van der Waals surface area contributed by atoms with E-state index in [9.17, 15) is 14.3 Å². The number of nitrogens with zero attached hydrogens (tertiary/aromatic N) is 2. The molecule has 21 heavy (non-hydrogen) atoms. The highest BCUT2D eigenvalue weighted by molar-refractivity contribution is 5.77. The van der Waals surface area contributed by atoms with Crippen LogP contribution in [0.5, 0.6) is 0 Å². The smallest absolute Gasteiger partial charge is 0.307 e. The van der Waals surface area contributed by atoms with Crippen LogP contribution in [0.1, 0.15) is 31.2 Å². The van der Waals surface area contributed by atoms with Crippen molar-refractivity contribution in [1.82, 2.24) is 10.1 Å². The van der Waals surface area contributed by atoms with Crippen molar-refractivity contribution in [1.29, 1.82) is 0 Å². The first-order chi connectivity index (χ1) is 9.82. The van der Waals surface area contributed by atoms with E-state index < -0.39 is 17.3 Å². The molecule has 2 unspecified atom stereocenters. The van der Waals surface area contributed by atoms with E-state index in [1.165, 1.54) is 6.07 Å². The third-order valence-electron chi connectivity index (χ3n) is 4.23. The predicted molar refractivity (Wildman–Crippen MR) is 72.1 cm³/mol. The summed E-state index contributed by atoms with van der Waals surface area (Å²) in [6.45, 7) is 5.38. The maximum atomic E-state index is 13.6. The number of aliphatic carboxylic acids is 1. The van der Waals surface area contributed by atoms with Crippen molar-refractivity contribution >= 4 is 5.97 Å². The number of hydrogen-bond acceptors (Lipinski definition) is 4. The Morgan fingerprint density at radius 3 is 2.71 bits per heavy atom. The van der Waals surface area contributed by atoms with E-state index in [0.29, 0.717) is 17.0 Å². The highest BCUT2D eigenvalue weighted by atomic mass is 19.1. The average Bonchev–Trinajstić information content (AvgIpc) is 2.78.